The fourth-order valence-electron chi connectivity index (χ4n) is 1.74. The molecule has 0 saturated heterocycles. The van der Waals surface area contributed by atoms with Gasteiger partial charge >= 0.3 is 5.97 Å². The first-order valence-corrected chi connectivity index (χ1v) is 6.08. The van der Waals surface area contributed by atoms with E-state index in [4.69, 9.17) is 10.6 Å². The van der Waals surface area contributed by atoms with E-state index in [9.17, 15) is 4.79 Å². The van der Waals surface area contributed by atoms with Crippen molar-refractivity contribution < 1.29 is 9.63 Å². The number of hydrogen-bond acceptors (Lipinski definition) is 4. The number of benzene rings is 1. The zero-order chi connectivity index (χ0) is 13.1. The van der Waals surface area contributed by atoms with Crippen LogP contribution >= 0.6 is 24.8 Å². The van der Waals surface area contributed by atoms with Crippen molar-refractivity contribution >= 4 is 36.9 Å². The summed E-state index contributed by atoms with van der Waals surface area (Å²) in [5.41, 5.74) is 8.03. The van der Waals surface area contributed by atoms with E-state index in [1.165, 1.54) is 5.06 Å². The number of nitrogens with zero attached hydrogens (tertiary/aromatic N) is 1. The number of fused-ring (bicyclic) bond motifs is 1. The number of halogens is 2. The summed E-state index contributed by atoms with van der Waals surface area (Å²) >= 11 is 0. The van der Waals surface area contributed by atoms with E-state index < -0.39 is 12.0 Å². The van der Waals surface area contributed by atoms with E-state index in [1.807, 2.05) is 44.2 Å². The molecule has 0 aromatic heterocycles. The Kier molecular flexibility index (Phi) is 7.64. The van der Waals surface area contributed by atoms with Gasteiger partial charge < -0.3 is 10.6 Å². The lowest BCUT2D eigenvalue weighted by Gasteiger charge is -2.25. The Labute approximate surface area is 131 Å². The standard InChI is InChI=1S/C14H18N2O2.2ClH/c1-10(2)13(15)14(17)18-16-8-7-11-5-3-4-6-12(11)9-16;;/h3-8,10,13H,9,15H2,1-2H3;2*1H. The van der Waals surface area contributed by atoms with Crippen molar-refractivity contribution in [2.45, 2.75) is 26.4 Å². The summed E-state index contributed by atoms with van der Waals surface area (Å²) in [7, 11) is 0. The fraction of sp³-hybridized carbons (Fsp3) is 0.357. The molecule has 20 heavy (non-hydrogen) atoms. The molecule has 1 atom stereocenters. The molecule has 1 aliphatic heterocycles. The fourth-order valence-corrected chi connectivity index (χ4v) is 1.74. The average molecular weight is 319 g/mol. The van der Waals surface area contributed by atoms with E-state index >= 15 is 0 Å². The number of carbonyl (C=O) groups excluding carboxylic acids is 1. The minimum atomic E-state index is -0.587. The second-order valence-corrected chi connectivity index (χ2v) is 4.77. The van der Waals surface area contributed by atoms with Crippen LogP contribution in [0.2, 0.25) is 0 Å². The molecule has 0 spiro atoms. The number of carbonyl (C=O) groups is 1. The predicted molar refractivity (Wildman–Crippen MR) is 84.4 cm³/mol. The molecule has 1 aliphatic rings. The second kappa shape index (κ2) is 8.15. The van der Waals surface area contributed by atoms with E-state index in [1.54, 1.807) is 6.20 Å². The molecule has 2 rings (SSSR count). The highest BCUT2D eigenvalue weighted by atomic mass is 35.5. The summed E-state index contributed by atoms with van der Waals surface area (Å²) < 4.78 is 0. The molecule has 0 amide bonds. The Bertz CT molecular complexity index is 478. The molecule has 0 saturated carbocycles. The zero-order valence-electron chi connectivity index (χ0n) is 11.5. The summed E-state index contributed by atoms with van der Waals surface area (Å²) in [6.07, 6.45) is 3.68. The number of nitrogens with two attached hydrogens (primary N) is 1. The van der Waals surface area contributed by atoms with E-state index in [0.717, 1.165) is 11.1 Å². The van der Waals surface area contributed by atoms with Crippen molar-refractivity contribution in [1.82, 2.24) is 5.06 Å². The molecular formula is C14H20Cl2N2O2. The van der Waals surface area contributed by atoms with Gasteiger partial charge in [0.25, 0.3) is 0 Å². The first kappa shape index (κ1) is 18.8. The minimum absolute atomic E-state index is 0. The number of rotatable bonds is 3. The van der Waals surface area contributed by atoms with Crippen LogP contribution in [0.4, 0.5) is 0 Å². The van der Waals surface area contributed by atoms with Crippen LogP contribution in [0.3, 0.4) is 0 Å². The van der Waals surface area contributed by atoms with E-state index in [2.05, 4.69) is 0 Å². The Morgan fingerprint density at radius 3 is 2.60 bits per heavy atom. The predicted octanol–water partition coefficient (Wildman–Crippen LogP) is 2.76. The Morgan fingerprint density at radius 1 is 1.30 bits per heavy atom. The first-order chi connectivity index (χ1) is 8.58. The van der Waals surface area contributed by atoms with Gasteiger partial charge in [-0.3, -0.25) is 0 Å². The Hall–Kier alpha value is -1.23. The van der Waals surface area contributed by atoms with E-state index in [0.29, 0.717) is 6.54 Å². The van der Waals surface area contributed by atoms with Crippen molar-refractivity contribution in [3.8, 4) is 0 Å². The number of hydroxylamine groups is 2. The third-order valence-electron chi connectivity index (χ3n) is 3.00. The van der Waals surface area contributed by atoms with Crippen LogP contribution in [0.1, 0.15) is 25.0 Å². The van der Waals surface area contributed by atoms with Crippen LogP contribution in [0.5, 0.6) is 0 Å². The quantitative estimate of drug-likeness (QED) is 0.931. The minimum Gasteiger partial charge on any atom is -0.339 e. The molecule has 1 heterocycles. The van der Waals surface area contributed by atoms with Gasteiger partial charge in [0.05, 0.1) is 6.54 Å². The maximum absolute atomic E-state index is 11.7. The van der Waals surface area contributed by atoms with Gasteiger partial charge in [-0.2, -0.15) is 0 Å². The molecule has 4 nitrogen and oxygen atoms in total. The van der Waals surface area contributed by atoms with Crippen LogP contribution in [0, 0.1) is 5.92 Å². The third-order valence-corrected chi connectivity index (χ3v) is 3.00. The summed E-state index contributed by atoms with van der Waals surface area (Å²) in [6.45, 7) is 4.35. The lowest BCUT2D eigenvalue weighted by Crippen LogP contribution is -2.40. The highest BCUT2D eigenvalue weighted by Gasteiger charge is 2.22. The van der Waals surface area contributed by atoms with Gasteiger partial charge in [0.2, 0.25) is 0 Å². The molecule has 0 radical (unpaired) electrons. The SMILES string of the molecule is CC(C)C(N)C(=O)ON1C=Cc2ccccc2C1.Cl.Cl. The normalized spacial score (nSPS) is 13.9. The van der Waals surface area contributed by atoms with Gasteiger partial charge in [-0.1, -0.05) is 38.1 Å². The Balaban J connectivity index is 0.00000180. The molecule has 1 unspecified atom stereocenters. The summed E-state index contributed by atoms with van der Waals surface area (Å²) in [5, 5.41) is 1.52. The smallest absolute Gasteiger partial charge is 0.339 e. The maximum Gasteiger partial charge on any atom is 0.349 e. The molecule has 0 aliphatic carbocycles. The van der Waals surface area contributed by atoms with Gasteiger partial charge in [-0.05, 0) is 23.1 Å². The largest absolute Gasteiger partial charge is 0.349 e. The Morgan fingerprint density at radius 2 is 1.95 bits per heavy atom. The summed E-state index contributed by atoms with van der Waals surface area (Å²) in [6, 6.07) is 7.42. The van der Waals surface area contributed by atoms with Crippen LogP contribution in [-0.4, -0.2) is 17.1 Å². The van der Waals surface area contributed by atoms with Crippen LogP contribution in [0.25, 0.3) is 6.08 Å². The molecule has 0 bridgehead atoms. The van der Waals surface area contributed by atoms with Crippen LogP contribution in [-0.2, 0) is 16.2 Å². The van der Waals surface area contributed by atoms with Crippen molar-refractivity contribution in [2.75, 3.05) is 0 Å². The van der Waals surface area contributed by atoms with Gasteiger partial charge in [0.1, 0.15) is 6.04 Å². The van der Waals surface area contributed by atoms with Crippen LogP contribution in [0.15, 0.2) is 30.5 Å². The lowest BCUT2D eigenvalue weighted by atomic mass is 10.1. The maximum atomic E-state index is 11.7. The van der Waals surface area contributed by atoms with Crippen molar-refractivity contribution in [1.29, 1.82) is 0 Å². The zero-order valence-corrected chi connectivity index (χ0v) is 13.1. The topological polar surface area (TPSA) is 55.6 Å². The lowest BCUT2D eigenvalue weighted by molar-refractivity contribution is -0.183. The molecular weight excluding hydrogens is 299 g/mol. The third kappa shape index (κ3) is 4.40. The average Bonchev–Trinajstić information content (AvgIpc) is 2.37. The monoisotopic (exact) mass is 318 g/mol. The highest BCUT2D eigenvalue weighted by molar-refractivity contribution is 5.85. The van der Waals surface area contributed by atoms with Gasteiger partial charge in [-0.15, -0.1) is 24.8 Å². The summed E-state index contributed by atoms with van der Waals surface area (Å²) in [4.78, 5) is 17.0. The van der Waals surface area contributed by atoms with E-state index in [-0.39, 0.29) is 30.7 Å². The molecule has 2 N–H and O–H groups in total. The van der Waals surface area contributed by atoms with Gasteiger partial charge in [0, 0.05) is 6.20 Å². The number of hydrogen-bond donors (Lipinski definition) is 1. The van der Waals surface area contributed by atoms with Gasteiger partial charge in [-0.25, -0.2) is 9.86 Å². The molecule has 112 valence electrons. The van der Waals surface area contributed by atoms with Crippen molar-refractivity contribution in [3.63, 3.8) is 0 Å². The van der Waals surface area contributed by atoms with Crippen LogP contribution < -0.4 is 5.73 Å². The highest BCUT2D eigenvalue weighted by Crippen LogP contribution is 2.19. The molecule has 1 aromatic rings. The van der Waals surface area contributed by atoms with Crippen molar-refractivity contribution in [3.05, 3.63) is 41.6 Å². The first-order valence-electron chi connectivity index (χ1n) is 6.08. The van der Waals surface area contributed by atoms with Gasteiger partial charge in [0.15, 0.2) is 0 Å². The summed E-state index contributed by atoms with van der Waals surface area (Å²) in [5.74, 6) is -0.326. The molecule has 1 aromatic carbocycles. The molecule has 0 fully saturated rings. The van der Waals surface area contributed by atoms with Crippen molar-refractivity contribution in [2.24, 2.45) is 11.7 Å². The second-order valence-electron chi connectivity index (χ2n) is 4.77. The molecule has 6 heteroatoms.